The molecule has 0 atom stereocenters. The summed E-state index contributed by atoms with van der Waals surface area (Å²) >= 11 is 2.95. The number of hydrogen-bond acceptors (Lipinski definition) is 3. The maximum absolute atomic E-state index is 12.2. The highest BCUT2D eigenvalue weighted by Crippen LogP contribution is 2.22. The van der Waals surface area contributed by atoms with Crippen LogP contribution in [0.25, 0.3) is 0 Å². The van der Waals surface area contributed by atoms with Crippen molar-refractivity contribution in [3.8, 4) is 12.3 Å². The zero-order chi connectivity index (χ0) is 14.8. The lowest BCUT2D eigenvalue weighted by molar-refractivity contribution is -0.143. The van der Waals surface area contributed by atoms with Gasteiger partial charge in [0.25, 0.3) is 5.56 Å². The number of nitrogens with zero attached hydrogens (tertiary/aromatic N) is 2. The van der Waals surface area contributed by atoms with Crippen LogP contribution in [-0.2, 0) is 6.54 Å². The van der Waals surface area contributed by atoms with Crippen molar-refractivity contribution in [2.45, 2.75) is 32.1 Å². The second-order valence-corrected chi connectivity index (χ2v) is 5.14. The molecule has 8 heteroatoms. The topological polar surface area (TPSA) is 46.9 Å². The molecule has 1 heterocycles. The van der Waals surface area contributed by atoms with E-state index in [2.05, 4.69) is 32.3 Å². The molecule has 0 radical (unpaired) electrons. The van der Waals surface area contributed by atoms with Crippen LogP contribution in [-0.4, -0.2) is 21.5 Å². The molecule has 0 aliphatic rings. The third-order valence-corrected chi connectivity index (χ3v) is 2.89. The third kappa shape index (κ3) is 4.28. The van der Waals surface area contributed by atoms with Gasteiger partial charge >= 0.3 is 6.18 Å². The molecular weight excluding hydrogens is 327 g/mol. The predicted octanol–water partition coefficient (Wildman–Crippen LogP) is 2.39. The standard InChI is InChI=1S/C11H11BrF3N3O/c1-4-10(2,3)17-7-5-16-18(6-11(13,14)15)9(19)8(7)12/h1,5,17H,6H2,2-3H3. The molecule has 1 rings (SSSR count). The molecule has 0 unspecified atom stereocenters. The van der Waals surface area contributed by atoms with Gasteiger partial charge in [0.05, 0.1) is 17.4 Å². The number of anilines is 1. The molecule has 0 spiro atoms. The number of hydrogen-bond donors (Lipinski definition) is 1. The van der Waals surface area contributed by atoms with Gasteiger partial charge in [0.1, 0.15) is 11.0 Å². The summed E-state index contributed by atoms with van der Waals surface area (Å²) in [5.41, 5.74) is -1.39. The summed E-state index contributed by atoms with van der Waals surface area (Å²) in [6.07, 6.45) is 1.89. The molecule has 0 aliphatic heterocycles. The lowest BCUT2D eigenvalue weighted by Gasteiger charge is -2.21. The summed E-state index contributed by atoms with van der Waals surface area (Å²) in [4.78, 5) is 11.7. The van der Waals surface area contributed by atoms with Gasteiger partial charge in [0.2, 0.25) is 0 Å². The van der Waals surface area contributed by atoms with E-state index in [0.29, 0.717) is 4.68 Å². The Bertz CT molecular complexity index is 572. The lowest BCUT2D eigenvalue weighted by atomic mass is 10.1. The van der Waals surface area contributed by atoms with Gasteiger partial charge in [-0.2, -0.15) is 18.3 Å². The van der Waals surface area contributed by atoms with Crippen LogP contribution in [0, 0.1) is 12.3 Å². The van der Waals surface area contributed by atoms with Crippen LogP contribution in [0.5, 0.6) is 0 Å². The fourth-order valence-electron chi connectivity index (χ4n) is 1.21. The second kappa shape index (κ2) is 5.25. The highest BCUT2D eigenvalue weighted by atomic mass is 79.9. The van der Waals surface area contributed by atoms with Gasteiger partial charge in [-0.3, -0.25) is 4.79 Å². The van der Waals surface area contributed by atoms with Crippen LogP contribution in [0.3, 0.4) is 0 Å². The SMILES string of the molecule is C#CC(C)(C)Nc1cnn(CC(F)(F)F)c(=O)c1Br. The van der Waals surface area contributed by atoms with E-state index in [9.17, 15) is 18.0 Å². The minimum absolute atomic E-state index is 0.0462. The molecule has 0 saturated heterocycles. The Balaban J connectivity index is 3.13. The highest BCUT2D eigenvalue weighted by molar-refractivity contribution is 9.10. The molecule has 4 nitrogen and oxygen atoms in total. The minimum Gasteiger partial charge on any atom is -0.367 e. The number of rotatable bonds is 3. The molecule has 19 heavy (non-hydrogen) atoms. The first-order valence-corrected chi connectivity index (χ1v) is 5.93. The Morgan fingerprint density at radius 1 is 1.53 bits per heavy atom. The molecule has 1 aromatic rings. The Morgan fingerprint density at radius 3 is 2.58 bits per heavy atom. The maximum Gasteiger partial charge on any atom is 0.408 e. The Morgan fingerprint density at radius 2 is 2.11 bits per heavy atom. The predicted molar refractivity (Wildman–Crippen MR) is 68.8 cm³/mol. The molecular formula is C11H11BrF3N3O. The monoisotopic (exact) mass is 337 g/mol. The normalized spacial score (nSPS) is 12.1. The van der Waals surface area contributed by atoms with Crippen LogP contribution in [0.1, 0.15) is 13.8 Å². The zero-order valence-corrected chi connectivity index (χ0v) is 11.8. The number of alkyl halides is 3. The molecule has 0 saturated carbocycles. The van der Waals surface area contributed by atoms with Gasteiger partial charge < -0.3 is 5.32 Å². The molecule has 1 aromatic heterocycles. The van der Waals surface area contributed by atoms with E-state index in [1.807, 2.05) is 0 Å². The lowest BCUT2D eigenvalue weighted by Crippen LogP contribution is -2.34. The quantitative estimate of drug-likeness (QED) is 0.861. The van der Waals surface area contributed by atoms with Crippen molar-refractivity contribution in [1.29, 1.82) is 0 Å². The average molecular weight is 338 g/mol. The van der Waals surface area contributed by atoms with E-state index >= 15 is 0 Å². The van der Waals surface area contributed by atoms with Crippen molar-refractivity contribution in [3.05, 3.63) is 21.0 Å². The van der Waals surface area contributed by atoms with Gasteiger partial charge in [-0.1, -0.05) is 5.92 Å². The summed E-state index contributed by atoms with van der Waals surface area (Å²) in [6, 6.07) is 0. The van der Waals surface area contributed by atoms with Crippen molar-refractivity contribution < 1.29 is 13.2 Å². The first kappa shape index (κ1) is 15.6. The van der Waals surface area contributed by atoms with Crippen LogP contribution in [0.4, 0.5) is 18.9 Å². The Kier molecular flexibility index (Phi) is 4.30. The second-order valence-electron chi connectivity index (χ2n) is 4.34. The van der Waals surface area contributed by atoms with Crippen LogP contribution in [0.2, 0.25) is 0 Å². The fraction of sp³-hybridized carbons (Fsp3) is 0.455. The summed E-state index contributed by atoms with van der Waals surface area (Å²) in [7, 11) is 0. The van der Waals surface area contributed by atoms with E-state index in [0.717, 1.165) is 6.20 Å². The number of nitrogens with one attached hydrogen (secondary N) is 1. The van der Waals surface area contributed by atoms with Gasteiger partial charge in [0, 0.05) is 0 Å². The summed E-state index contributed by atoms with van der Waals surface area (Å²) < 4.78 is 37.0. The van der Waals surface area contributed by atoms with E-state index < -0.39 is 23.8 Å². The van der Waals surface area contributed by atoms with E-state index in [4.69, 9.17) is 6.42 Å². The van der Waals surface area contributed by atoms with E-state index in [1.54, 1.807) is 13.8 Å². The number of aromatic nitrogens is 2. The minimum atomic E-state index is -4.51. The largest absolute Gasteiger partial charge is 0.408 e. The third-order valence-electron chi connectivity index (χ3n) is 2.12. The van der Waals surface area contributed by atoms with Crippen molar-refractivity contribution in [2.75, 3.05) is 5.32 Å². The molecule has 0 aromatic carbocycles. The van der Waals surface area contributed by atoms with Crippen LogP contribution < -0.4 is 10.9 Å². The van der Waals surface area contributed by atoms with Crippen LogP contribution in [0.15, 0.2) is 15.5 Å². The first-order chi connectivity index (χ1) is 8.56. The number of halogens is 4. The molecule has 0 amide bonds. The molecule has 0 fully saturated rings. The summed E-state index contributed by atoms with van der Waals surface area (Å²) in [5, 5.41) is 6.29. The van der Waals surface area contributed by atoms with Crippen molar-refractivity contribution in [2.24, 2.45) is 0 Å². The average Bonchev–Trinajstić information content (AvgIpc) is 2.27. The van der Waals surface area contributed by atoms with Gasteiger partial charge in [0.15, 0.2) is 0 Å². The summed E-state index contributed by atoms with van der Waals surface area (Å²) in [6.45, 7) is 1.92. The van der Waals surface area contributed by atoms with Crippen molar-refractivity contribution >= 4 is 21.6 Å². The first-order valence-electron chi connectivity index (χ1n) is 5.14. The van der Waals surface area contributed by atoms with E-state index in [1.165, 1.54) is 0 Å². The maximum atomic E-state index is 12.2. The Labute approximate surface area is 116 Å². The highest BCUT2D eigenvalue weighted by Gasteiger charge is 2.30. The smallest absolute Gasteiger partial charge is 0.367 e. The molecule has 0 bridgehead atoms. The van der Waals surface area contributed by atoms with Crippen molar-refractivity contribution in [3.63, 3.8) is 0 Å². The van der Waals surface area contributed by atoms with Gasteiger partial charge in [-0.25, -0.2) is 4.68 Å². The molecule has 104 valence electrons. The van der Waals surface area contributed by atoms with Gasteiger partial charge in [-0.15, -0.1) is 6.42 Å². The zero-order valence-electron chi connectivity index (χ0n) is 10.2. The molecule has 1 N–H and O–H groups in total. The Hall–Kier alpha value is -1.49. The van der Waals surface area contributed by atoms with Crippen molar-refractivity contribution in [1.82, 2.24) is 9.78 Å². The van der Waals surface area contributed by atoms with E-state index in [-0.39, 0.29) is 10.2 Å². The fourth-order valence-corrected chi connectivity index (χ4v) is 1.61. The summed E-state index contributed by atoms with van der Waals surface area (Å²) in [5.74, 6) is 2.44. The van der Waals surface area contributed by atoms with Crippen LogP contribution >= 0.6 is 15.9 Å². The van der Waals surface area contributed by atoms with Gasteiger partial charge in [-0.05, 0) is 29.8 Å². The number of terminal acetylenes is 1. The molecule has 0 aliphatic carbocycles.